The van der Waals surface area contributed by atoms with Crippen LogP contribution in [0.5, 0.6) is 0 Å². The van der Waals surface area contributed by atoms with E-state index in [1.165, 1.54) is 11.3 Å². The fourth-order valence-corrected chi connectivity index (χ4v) is 3.56. The number of hydrogen-bond acceptors (Lipinski definition) is 4. The van der Waals surface area contributed by atoms with Crippen LogP contribution >= 0.6 is 0 Å². The van der Waals surface area contributed by atoms with Crippen LogP contribution in [0.4, 0.5) is 11.5 Å². The van der Waals surface area contributed by atoms with Crippen molar-refractivity contribution < 1.29 is 0 Å². The number of aromatic nitrogens is 4. The minimum atomic E-state index is 0.833. The van der Waals surface area contributed by atoms with E-state index in [0.717, 1.165) is 41.9 Å². The topological polar surface area (TPSA) is 46.8 Å². The molecule has 5 nitrogen and oxygen atoms in total. The summed E-state index contributed by atoms with van der Waals surface area (Å²) in [7, 11) is 0. The molecule has 1 aliphatic heterocycles. The van der Waals surface area contributed by atoms with Gasteiger partial charge in [-0.15, -0.1) is 0 Å². The van der Waals surface area contributed by atoms with Gasteiger partial charge in [0.05, 0.1) is 17.3 Å². The first kappa shape index (κ1) is 14.2. The molecule has 0 saturated carbocycles. The lowest BCUT2D eigenvalue weighted by molar-refractivity contribution is 0.761. The third-order valence-corrected chi connectivity index (χ3v) is 4.71. The minimum Gasteiger partial charge on any atom is -0.325 e. The molecule has 0 bridgehead atoms. The van der Waals surface area contributed by atoms with Crippen LogP contribution in [-0.4, -0.2) is 26.3 Å². The lowest BCUT2D eigenvalue weighted by Gasteiger charge is -2.30. The molecule has 0 radical (unpaired) electrons. The Bertz CT molecular complexity index is 1040. The molecule has 0 fully saturated rings. The van der Waals surface area contributed by atoms with E-state index in [2.05, 4.69) is 44.2 Å². The number of rotatable bonds is 2. The number of nitrogens with zero attached hydrogens (tertiary/aromatic N) is 5. The second-order valence-corrected chi connectivity index (χ2v) is 6.21. The summed E-state index contributed by atoms with van der Waals surface area (Å²) >= 11 is 0. The fourth-order valence-electron chi connectivity index (χ4n) is 3.56. The zero-order valence-corrected chi connectivity index (χ0v) is 13.7. The second kappa shape index (κ2) is 5.70. The molecular weight excluding hydrogens is 310 g/mol. The molecule has 2 aromatic carbocycles. The van der Waals surface area contributed by atoms with E-state index < -0.39 is 0 Å². The Morgan fingerprint density at radius 2 is 1.72 bits per heavy atom. The van der Waals surface area contributed by atoms with Gasteiger partial charge in [0.1, 0.15) is 12.1 Å². The Labute approximate surface area is 145 Å². The summed E-state index contributed by atoms with van der Waals surface area (Å²) in [5, 5.41) is 5.54. The highest BCUT2D eigenvalue weighted by Gasteiger charge is 2.22. The van der Waals surface area contributed by atoms with Gasteiger partial charge in [0, 0.05) is 12.2 Å². The molecule has 0 unspecified atom stereocenters. The molecule has 0 aliphatic carbocycles. The Balaban J connectivity index is 1.68. The summed E-state index contributed by atoms with van der Waals surface area (Å²) in [6.45, 7) is 0.958. The summed E-state index contributed by atoms with van der Waals surface area (Å²) in [6.07, 6.45) is 5.74. The molecule has 0 N–H and O–H groups in total. The predicted octanol–water partition coefficient (Wildman–Crippen LogP) is 3.90. The highest BCUT2D eigenvalue weighted by atomic mass is 15.3. The molecule has 3 heterocycles. The molecular formula is C20H17N5. The van der Waals surface area contributed by atoms with Gasteiger partial charge in [0.25, 0.3) is 0 Å². The number of fused-ring (bicyclic) bond motifs is 2. The van der Waals surface area contributed by atoms with Crippen molar-refractivity contribution in [1.29, 1.82) is 0 Å². The van der Waals surface area contributed by atoms with Gasteiger partial charge in [-0.05, 0) is 36.6 Å². The van der Waals surface area contributed by atoms with Crippen molar-refractivity contribution in [3.05, 3.63) is 72.7 Å². The number of anilines is 2. The summed E-state index contributed by atoms with van der Waals surface area (Å²) in [4.78, 5) is 11.4. The molecule has 2 aromatic heterocycles. The highest BCUT2D eigenvalue weighted by molar-refractivity contribution is 5.90. The first-order valence-corrected chi connectivity index (χ1v) is 8.51. The maximum absolute atomic E-state index is 4.60. The van der Waals surface area contributed by atoms with Gasteiger partial charge in [-0.1, -0.05) is 36.4 Å². The Kier molecular flexibility index (Phi) is 3.23. The van der Waals surface area contributed by atoms with Crippen LogP contribution in [0, 0.1) is 0 Å². The molecule has 5 rings (SSSR count). The lowest BCUT2D eigenvalue weighted by Crippen LogP contribution is -2.25. The number of para-hydroxylation sites is 2. The average Bonchev–Trinajstić information content (AvgIpc) is 3.12. The summed E-state index contributed by atoms with van der Waals surface area (Å²) < 4.78 is 1.87. The standard InChI is InChI=1S/C20H17N5/c1-2-9-16(10-3-1)25-20-17(13-23-25)19(21-14-22-20)24-12-6-8-15-7-4-5-11-18(15)24/h1-5,7,9-11,13-14H,6,8,12H2. The normalized spacial score (nSPS) is 13.8. The van der Waals surface area contributed by atoms with Crippen LogP contribution < -0.4 is 4.90 Å². The van der Waals surface area contributed by atoms with Crippen LogP contribution in [-0.2, 0) is 6.42 Å². The monoisotopic (exact) mass is 327 g/mol. The average molecular weight is 327 g/mol. The van der Waals surface area contributed by atoms with E-state index in [0.29, 0.717) is 0 Å². The zero-order valence-electron chi connectivity index (χ0n) is 13.7. The third kappa shape index (κ3) is 2.28. The first-order chi connectivity index (χ1) is 12.4. The van der Waals surface area contributed by atoms with Crippen molar-refractivity contribution in [3.8, 4) is 5.69 Å². The van der Waals surface area contributed by atoms with Gasteiger partial charge in [-0.3, -0.25) is 0 Å². The van der Waals surface area contributed by atoms with Crippen LogP contribution in [0.2, 0.25) is 0 Å². The molecule has 122 valence electrons. The van der Waals surface area contributed by atoms with E-state index in [1.807, 2.05) is 41.2 Å². The maximum atomic E-state index is 4.60. The summed E-state index contributed by atoms with van der Waals surface area (Å²) in [5.41, 5.74) is 4.44. The smallest absolute Gasteiger partial charge is 0.168 e. The van der Waals surface area contributed by atoms with E-state index in [9.17, 15) is 0 Å². The Morgan fingerprint density at radius 1 is 0.880 bits per heavy atom. The van der Waals surface area contributed by atoms with Crippen LogP contribution in [0.25, 0.3) is 16.7 Å². The van der Waals surface area contributed by atoms with Crippen molar-refractivity contribution in [2.24, 2.45) is 0 Å². The van der Waals surface area contributed by atoms with E-state index >= 15 is 0 Å². The fraction of sp³-hybridized carbons (Fsp3) is 0.150. The van der Waals surface area contributed by atoms with E-state index in [-0.39, 0.29) is 0 Å². The zero-order chi connectivity index (χ0) is 16.6. The SMILES string of the molecule is c1ccc(-n2ncc3c(N4CCCc5ccccc54)ncnc32)cc1. The van der Waals surface area contributed by atoms with Crippen molar-refractivity contribution in [2.75, 3.05) is 11.4 Å². The minimum absolute atomic E-state index is 0.833. The van der Waals surface area contributed by atoms with Gasteiger partial charge in [0.2, 0.25) is 0 Å². The largest absolute Gasteiger partial charge is 0.325 e. The molecule has 0 atom stereocenters. The Morgan fingerprint density at radius 3 is 2.64 bits per heavy atom. The molecule has 0 saturated heterocycles. The third-order valence-electron chi connectivity index (χ3n) is 4.71. The van der Waals surface area contributed by atoms with Gasteiger partial charge in [-0.2, -0.15) is 5.10 Å². The maximum Gasteiger partial charge on any atom is 0.168 e. The number of aryl methyl sites for hydroxylation is 1. The van der Waals surface area contributed by atoms with Crippen LogP contribution in [0.15, 0.2) is 67.1 Å². The molecule has 25 heavy (non-hydrogen) atoms. The summed E-state index contributed by atoms with van der Waals surface area (Å²) in [6, 6.07) is 18.6. The van der Waals surface area contributed by atoms with E-state index in [4.69, 9.17) is 0 Å². The Hall–Kier alpha value is -3.21. The van der Waals surface area contributed by atoms with Crippen molar-refractivity contribution >= 4 is 22.5 Å². The van der Waals surface area contributed by atoms with Crippen molar-refractivity contribution in [1.82, 2.24) is 19.7 Å². The van der Waals surface area contributed by atoms with Crippen molar-refractivity contribution in [3.63, 3.8) is 0 Å². The molecule has 0 spiro atoms. The highest BCUT2D eigenvalue weighted by Crippen LogP contribution is 2.35. The second-order valence-electron chi connectivity index (χ2n) is 6.21. The van der Waals surface area contributed by atoms with Gasteiger partial charge < -0.3 is 4.90 Å². The predicted molar refractivity (Wildman–Crippen MR) is 98.4 cm³/mol. The first-order valence-electron chi connectivity index (χ1n) is 8.51. The van der Waals surface area contributed by atoms with Gasteiger partial charge >= 0.3 is 0 Å². The molecule has 0 amide bonds. The molecule has 5 heteroatoms. The number of benzene rings is 2. The van der Waals surface area contributed by atoms with Gasteiger partial charge in [0.15, 0.2) is 5.65 Å². The van der Waals surface area contributed by atoms with Crippen molar-refractivity contribution in [2.45, 2.75) is 12.8 Å². The lowest BCUT2D eigenvalue weighted by atomic mass is 10.0. The summed E-state index contributed by atoms with van der Waals surface area (Å²) in [5.74, 6) is 0.930. The van der Waals surface area contributed by atoms with Gasteiger partial charge in [-0.25, -0.2) is 14.6 Å². The molecule has 4 aromatic rings. The molecule has 1 aliphatic rings. The van der Waals surface area contributed by atoms with Crippen LogP contribution in [0.3, 0.4) is 0 Å². The van der Waals surface area contributed by atoms with Crippen LogP contribution in [0.1, 0.15) is 12.0 Å². The quantitative estimate of drug-likeness (QED) is 0.560. The van der Waals surface area contributed by atoms with E-state index in [1.54, 1.807) is 6.33 Å². The number of hydrogen-bond donors (Lipinski definition) is 0.